The Morgan fingerprint density at radius 3 is 2.64 bits per heavy atom. The van der Waals surface area contributed by atoms with Crippen molar-refractivity contribution >= 4 is 11.6 Å². The summed E-state index contributed by atoms with van der Waals surface area (Å²) in [6.07, 6.45) is 1.31. The van der Waals surface area contributed by atoms with Crippen molar-refractivity contribution in [1.82, 2.24) is 9.78 Å². The van der Waals surface area contributed by atoms with Gasteiger partial charge in [0.25, 0.3) is 0 Å². The molecule has 1 heterocycles. The molecule has 1 aliphatic carbocycles. The van der Waals surface area contributed by atoms with E-state index in [-0.39, 0.29) is 5.91 Å². The van der Waals surface area contributed by atoms with Gasteiger partial charge in [-0.1, -0.05) is 30.3 Å². The van der Waals surface area contributed by atoms with Crippen LogP contribution in [0.2, 0.25) is 0 Å². The van der Waals surface area contributed by atoms with Crippen LogP contribution >= 0.6 is 0 Å². The fourth-order valence-corrected chi connectivity index (χ4v) is 3.64. The predicted octanol–water partition coefficient (Wildman–Crippen LogP) is 3.79. The summed E-state index contributed by atoms with van der Waals surface area (Å²) in [6, 6.07) is 14.6. The van der Waals surface area contributed by atoms with Crippen LogP contribution in [0, 0.1) is 13.8 Å². The molecule has 0 fully saturated rings. The van der Waals surface area contributed by atoms with Gasteiger partial charge in [0.1, 0.15) is 0 Å². The highest BCUT2D eigenvalue weighted by Crippen LogP contribution is 2.37. The lowest BCUT2D eigenvalue weighted by Gasteiger charge is -2.08. The van der Waals surface area contributed by atoms with Crippen LogP contribution in [-0.4, -0.2) is 15.7 Å². The predicted molar refractivity (Wildman–Crippen MR) is 99.7 cm³/mol. The summed E-state index contributed by atoms with van der Waals surface area (Å²) in [7, 11) is 1.90. The smallest absolute Gasteiger partial charge is 0.228 e. The van der Waals surface area contributed by atoms with E-state index in [9.17, 15) is 4.79 Å². The number of carbonyl (C=O) groups excluding carboxylic acids is 1. The highest BCUT2D eigenvalue weighted by atomic mass is 16.1. The first-order chi connectivity index (χ1) is 12.0. The molecular weight excluding hydrogens is 310 g/mol. The first kappa shape index (κ1) is 15.6. The number of aryl methyl sites for hydroxylation is 2. The molecule has 4 rings (SSSR count). The zero-order valence-corrected chi connectivity index (χ0v) is 14.8. The third-order valence-electron chi connectivity index (χ3n) is 5.08. The summed E-state index contributed by atoms with van der Waals surface area (Å²) in [5.74, 6) is -0.00886. The van der Waals surface area contributed by atoms with E-state index >= 15 is 0 Å². The first-order valence-corrected chi connectivity index (χ1v) is 8.53. The van der Waals surface area contributed by atoms with Crippen molar-refractivity contribution in [3.63, 3.8) is 0 Å². The van der Waals surface area contributed by atoms with Crippen molar-refractivity contribution in [2.45, 2.75) is 26.7 Å². The second kappa shape index (κ2) is 5.88. The second-order valence-electron chi connectivity index (χ2n) is 6.70. The van der Waals surface area contributed by atoms with E-state index in [2.05, 4.69) is 46.8 Å². The van der Waals surface area contributed by atoms with Crippen molar-refractivity contribution < 1.29 is 4.79 Å². The number of hydrogen-bond acceptors (Lipinski definition) is 2. The second-order valence-corrected chi connectivity index (χ2v) is 6.70. The average molecular weight is 331 g/mol. The van der Waals surface area contributed by atoms with Gasteiger partial charge in [0, 0.05) is 24.0 Å². The molecular formula is C21H21N3O. The topological polar surface area (TPSA) is 46.9 Å². The zero-order chi connectivity index (χ0) is 17.6. The lowest BCUT2D eigenvalue weighted by Crippen LogP contribution is -2.15. The molecule has 1 aliphatic rings. The Labute approximate surface area is 147 Å². The minimum atomic E-state index is -0.00886. The van der Waals surface area contributed by atoms with E-state index in [1.54, 1.807) is 0 Å². The number of rotatable bonds is 3. The average Bonchev–Trinajstić information content (AvgIpc) is 3.07. The third kappa shape index (κ3) is 2.74. The van der Waals surface area contributed by atoms with Crippen molar-refractivity contribution in [2.24, 2.45) is 7.05 Å². The summed E-state index contributed by atoms with van der Waals surface area (Å²) in [6.45, 7) is 3.94. The van der Waals surface area contributed by atoms with Crippen LogP contribution in [0.4, 0.5) is 5.69 Å². The molecule has 0 bridgehead atoms. The lowest BCUT2D eigenvalue weighted by atomic mass is 10.0. The Kier molecular flexibility index (Phi) is 3.68. The number of carbonyl (C=O) groups is 1. The standard InChI is InChI=1S/C21H21N3O/c1-13-19(14(2)24(3)23-13)12-21(25)22-17-9-8-16-10-15-6-4-5-7-18(15)20(16)11-17/h4-9,11H,10,12H2,1-3H3,(H,22,25). The monoisotopic (exact) mass is 331 g/mol. The van der Waals surface area contributed by atoms with Crippen LogP contribution in [0.1, 0.15) is 28.1 Å². The third-order valence-corrected chi connectivity index (χ3v) is 5.08. The molecule has 2 aromatic carbocycles. The maximum absolute atomic E-state index is 12.5. The van der Waals surface area contributed by atoms with Gasteiger partial charge in [-0.05, 0) is 54.7 Å². The molecule has 1 amide bonds. The summed E-state index contributed by atoms with van der Waals surface area (Å²) in [5, 5.41) is 7.42. The van der Waals surface area contributed by atoms with Crippen molar-refractivity contribution in [1.29, 1.82) is 0 Å². The van der Waals surface area contributed by atoms with Gasteiger partial charge < -0.3 is 5.32 Å². The lowest BCUT2D eigenvalue weighted by molar-refractivity contribution is -0.115. The molecule has 4 heteroatoms. The van der Waals surface area contributed by atoms with Gasteiger partial charge in [-0.3, -0.25) is 9.48 Å². The van der Waals surface area contributed by atoms with E-state index in [0.29, 0.717) is 6.42 Å². The summed E-state index contributed by atoms with van der Waals surface area (Å²) in [4.78, 5) is 12.5. The minimum Gasteiger partial charge on any atom is -0.326 e. The van der Waals surface area contributed by atoms with Gasteiger partial charge in [0.2, 0.25) is 5.91 Å². The Hall–Kier alpha value is -2.88. The normalized spacial score (nSPS) is 12.0. The molecule has 0 saturated heterocycles. The molecule has 0 saturated carbocycles. The molecule has 0 radical (unpaired) electrons. The number of aromatic nitrogens is 2. The number of anilines is 1. The summed E-state index contributed by atoms with van der Waals surface area (Å²) >= 11 is 0. The quantitative estimate of drug-likeness (QED) is 0.621. The van der Waals surface area contributed by atoms with Gasteiger partial charge in [0.15, 0.2) is 0 Å². The van der Waals surface area contributed by atoms with Crippen LogP contribution in [0.3, 0.4) is 0 Å². The van der Waals surface area contributed by atoms with Crippen LogP contribution in [-0.2, 0) is 24.7 Å². The fraction of sp³-hybridized carbons (Fsp3) is 0.238. The van der Waals surface area contributed by atoms with Crippen LogP contribution in [0.5, 0.6) is 0 Å². The number of benzene rings is 2. The molecule has 1 N–H and O–H groups in total. The molecule has 1 aromatic heterocycles. The van der Waals surface area contributed by atoms with E-state index < -0.39 is 0 Å². The zero-order valence-electron chi connectivity index (χ0n) is 14.8. The Morgan fingerprint density at radius 2 is 1.88 bits per heavy atom. The van der Waals surface area contributed by atoms with Gasteiger partial charge in [-0.2, -0.15) is 5.10 Å². The van der Waals surface area contributed by atoms with Crippen LogP contribution in [0.15, 0.2) is 42.5 Å². The Morgan fingerprint density at radius 1 is 1.12 bits per heavy atom. The van der Waals surface area contributed by atoms with Crippen LogP contribution < -0.4 is 5.32 Å². The first-order valence-electron chi connectivity index (χ1n) is 8.53. The van der Waals surface area contributed by atoms with Gasteiger partial charge in [0.05, 0.1) is 12.1 Å². The molecule has 3 aromatic rings. The van der Waals surface area contributed by atoms with Crippen molar-refractivity contribution in [3.8, 4) is 11.1 Å². The Balaban J connectivity index is 1.56. The van der Waals surface area contributed by atoms with E-state index in [1.165, 1.54) is 22.3 Å². The van der Waals surface area contributed by atoms with E-state index in [4.69, 9.17) is 0 Å². The van der Waals surface area contributed by atoms with Crippen LogP contribution in [0.25, 0.3) is 11.1 Å². The van der Waals surface area contributed by atoms with Crippen molar-refractivity contribution in [3.05, 3.63) is 70.5 Å². The maximum Gasteiger partial charge on any atom is 0.228 e. The minimum absolute atomic E-state index is 0.00886. The van der Waals surface area contributed by atoms with Gasteiger partial charge in [-0.15, -0.1) is 0 Å². The molecule has 0 unspecified atom stereocenters. The van der Waals surface area contributed by atoms with E-state index in [1.807, 2.05) is 31.6 Å². The number of fused-ring (bicyclic) bond motifs is 3. The summed E-state index contributed by atoms with van der Waals surface area (Å²) in [5.41, 5.74) is 8.97. The molecule has 4 nitrogen and oxygen atoms in total. The molecule has 25 heavy (non-hydrogen) atoms. The number of nitrogens with zero attached hydrogens (tertiary/aromatic N) is 2. The largest absolute Gasteiger partial charge is 0.326 e. The highest BCUT2D eigenvalue weighted by molar-refractivity contribution is 5.94. The highest BCUT2D eigenvalue weighted by Gasteiger charge is 2.19. The maximum atomic E-state index is 12.5. The molecule has 0 spiro atoms. The SMILES string of the molecule is Cc1nn(C)c(C)c1CC(=O)Nc1ccc2c(c1)-c1ccccc1C2. The number of nitrogens with one attached hydrogen (secondary N) is 1. The van der Waals surface area contributed by atoms with E-state index in [0.717, 1.165) is 29.1 Å². The molecule has 0 aliphatic heterocycles. The summed E-state index contributed by atoms with van der Waals surface area (Å²) < 4.78 is 1.82. The number of hydrogen-bond donors (Lipinski definition) is 1. The fourth-order valence-electron chi connectivity index (χ4n) is 3.64. The van der Waals surface area contributed by atoms with Gasteiger partial charge in [-0.25, -0.2) is 0 Å². The van der Waals surface area contributed by atoms with Crippen molar-refractivity contribution in [2.75, 3.05) is 5.32 Å². The molecule has 126 valence electrons. The molecule has 0 atom stereocenters. The van der Waals surface area contributed by atoms with Gasteiger partial charge >= 0.3 is 0 Å². The Bertz CT molecular complexity index is 985. The number of amides is 1.